The van der Waals surface area contributed by atoms with Crippen LogP contribution in [0.25, 0.3) is 0 Å². The topological polar surface area (TPSA) is 59.4 Å². The Hall–Kier alpha value is -1.40. The summed E-state index contributed by atoms with van der Waals surface area (Å²) in [5, 5.41) is 7.05. The van der Waals surface area contributed by atoms with Crippen molar-refractivity contribution in [1.29, 1.82) is 0 Å². The second-order valence-corrected chi connectivity index (χ2v) is 4.60. The number of amides is 1. The van der Waals surface area contributed by atoms with Crippen LogP contribution >= 0.6 is 0 Å². The molecule has 2 fully saturated rings. The molecule has 3 rings (SSSR count). The van der Waals surface area contributed by atoms with E-state index in [1.807, 2.05) is 23.1 Å². The zero-order chi connectivity index (χ0) is 11.7. The summed E-state index contributed by atoms with van der Waals surface area (Å²) in [6.07, 6.45) is 3.94. The lowest BCUT2D eigenvalue weighted by Crippen LogP contribution is -2.54. The van der Waals surface area contributed by atoms with Crippen molar-refractivity contribution >= 4 is 5.91 Å². The van der Waals surface area contributed by atoms with Gasteiger partial charge in [-0.3, -0.25) is 14.4 Å². The average Bonchev–Trinajstić information content (AvgIpc) is 2.78. The van der Waals surface area contributed by atoms with Crippen LogP contribution in [0.15, 0.2) is 18.5 Å². The fourth-order valence-electron chi connectivity index (χ4n) is 2.29. The first-order valence-electron chi connectivity index (χ1n) is 5.91. The molecule has 6 heteroatoms. The van der Waals surface area contributed by atoms with Crippen molar-refractivity contribution in [3.8, 4) is 0 Å². The van der Waals surface area contributed by atoms with Crippen molar-refractivity contribution in [1.82, 2.24) is 20.0 Å². The number of morpholine rings is 1. The first-order chi connectivity index (χ1) is 8.31. The first-order valence-corrected chi connectivity index (χ1v) is 5.91. The summed E-state index contributed by atoms with van der Waals surface area (Å²) in [4.78, 5) is 13.3. The standard InChI is InChI=1S/C11H16N4O2/c16-11-8-17-10(4-12-11)7-14-5-9(6-14)15-3-1-2-13-15/h1-3,9-10H,4-8H2,(H,12,16). The van der Waals surface area contributed by atoms with E-state index < -0.39 is 0 Å². The molecule has 2 aliphatic rings. The highest BCUT2D eigenvalue weighted by atomic mass is 16.5. The number of ether oxygens (including phenoxy) is 1. The van der Waals surface area contributed by atoms with Crippen molar-refractivity contribution in [3.63, 3.8) is 0 Å². The van der Waals surface area contributed by atoms with Gasteiger partial charge in [-0.1, -0.05) is 0 Å². The van der Waals surface area contributed by atoms with Crippen molar-refractivity contribution in [2.24, 2.45) is 0 Å². The largest absolute Gasteiger partial charge is 0.365 e. The van der Waals surface area contributed by atoms with E-state index in [-0.39, 0.29) is 18.6 Å². The summed E-state index contributed by atoms with van der Waals surface area (Å²) in [7, 11) is 0. The van der Waals surface area contributed by atoms with Gasteiger partial charge in [0.05, 0.1) is 12.1 Å². The predicted molar refractivity (Wildman–Crippen MR) is 60.5 cm³/mol. The maximum atomic E-state index is 10.9. The van der Waals surface area contributed by atoms with Gasteiger partial charge < -0.3 is 10.1 Å². The zero-order valence-electron chi connectivity index (χ0n) is 9.58. The third-order valence-corrected chi connectivity index (χ3v) is 3.28. The van der Waals surface area contributed by atoms with Crippen molar-refractivity contribution in [2.45, 2.75) is 12.1 Å². The van der Waals surface area contributed by atoms with Crippen molar-refractivity contribution in [3.05, 3.63) is 18.5 Å². The second-order valence-electron chi connectivity index (χ2n) is 4.60. The van der Waals surface area contributed by atoms with E-state index in [1.165, 1.54) is 0 Å². The van der Waals surface area contributed by atoms with E-state index in [0.717, 1.165) is 19.6 Å². The third kappa shape index (κ3) is 2.32. The van der Waals surface area contributed by atoms with Crippen LogP contribution in [-0.4, -0.2) is 59.5 Å². The van der Waals surface area contributed by atoms with Gasteiger partial charge in [0.1, 0.15) is 6.61 Å². The summed E-state index contributed by atoms with van der Waals surface area (Å²) in [6.45, 7) is 3.73. The van der Waals surface area contributed by atoms with E-state index in [0.29, 0.717) is 12.6 Å². The number of hydrogen-bond acceptors (Lipinski definition) is 4. The van der Waals surface area contributed by atoms with E-state index in [1.54, 1.807) is 0 Å². The van der Waals surface area contributed by atoms with Crippen molar-refractivity contribution in [2.75, 3.05) is 32.8 Å². The summed E-state index contributed by atoms with van der Waals surface area (Å²) in [5.74, 6) is -0.0146. The molecule has 17 heavy (non-hydrogen) atoms. The summed E-state index contributed by atoms with van der Waals surface area (Å²) >= 11 is 0. The van der Waals surface area contributed by atoms with Gasteiger partial charge in [0, 0.05) is 38.6 Å². The van der Waals surface area contributed by atoms with Crippen LogP contribution in [0.1, 0.15) is 6.04 Å². The van der Waals surface area contributed by atoms with Crippen LogP contribution in [-0.2, 0) is 9.53 Å². The molecule has 0 bridgehead atoms. The van der Waals surface area contributed by atoms with Gasteiger partial charge in [0.15, 0.2) is 0 Å². The van der Waals surface area contributed by atoms with Crippen LogP contribution in [0.4, 0.5) is 0 Å². The molecular formula is C11H16N4O2. The molecule has 1 atom stereocenters. The fraction of sp³-hybridized carbons (Fsp3) is 0.636. The lowest BCUT2D eigenvalue weighted by atomic mass is 10.1. The highest BCUT2D eigenvalue weighted by Crippen LogP contribution is 2.20. The van der Waals surface area contributed by atoms with Crippen LogP contribution < -0.4 is 5.32 Å². The quantitative estimate of drug-likeness (QED) is 0.750. The SMILES string of the molecule is O=C1COC(CN2CC(n3cccn3)C2)CN1. The molecule has 1 aromatic heterocycles. The minimum Gasteiger partial charge on any atom is -0.365 e. The van der Waals surface area contributed by atoms with Gasteiger partial charge in [-0.25, -0.2) is 0 Å². The Morgan fingerprint density at radius 3 is 3.06 bits per heavy atom. The van der Waals surface area contributed by atoms with Gasteiger partial charge in [0.2, 0.25) is 5.91 Å². The highest BCUT2D eigenvalue weighted by Gasteiger charge is 2.31. The molecule has 92 valence electrons. The molecular weight excluding hydrogens is 220 g/mol. The number of aromatic nitrogens is 2. The number of hydrogen-bond donors (Lipinski definition) is 1. The molecule has 2 aliphatic heterocycles. The van der Waals surface area contributed by atoms with Gasteiger partial charge >= 0.3 is 0 Å². The molecule has 1 aromatic rings. The summed E-state index contributed by atoms with van der Waals surface area (Å²) in [5.41, 5.74) is 0. The fourth-order valence-corrected chi connectivity index (χ4v) is 2.29. The minimum atomic E-state index is -0.0146. The number of carbonyl (C=O) groups is 1. The van der Waals surface area contributed by atoms with Gasteiger partial charge in [-0.15, -0.1) is 0 Å². The Morgan fingerprint density at radius 1 is 1.53 bits per heavy atom. The van der Waals surface area contributed by atoms with Crippen LogP contribution in [0.5, 0.6) is 0 Å². The van der Waals surface area contributed by atoms with E-state index in [4.69, 9.17) is 4.74 Å². The predicted octanol–water partition coefficient (Wildman–Crippen LogP) is -0.745. The van der Waals surface area contributed by atoms with Crippen LogP contribution in [0.2, 0.25) is 0 Å². The third-order valence-electron chi connectivity index (χ3n) is 3.28. The Balaban J connectivity index is 1.43. The smallest absolute Gasteiger partial charge is 0.246 e. The van der Waals surface area contributed by atoms with Crippen LogP contribution in [0.3, 0.4) is 0 Å². The average molecular weight is 236 g/mol. The lowest BCUT2D eigenvalue weighted by Gasteiger charge is -2.41. The number of rotatable bonds is 3. The molecule has 0 saturated carbocycles. The maximum Gasteiger partial charge on any atom is 0.246 e. The molecule has 3 heterocycles. The van der Waals surface area contributed by atoms with Crippen molar-refractivity contribution < 1.29 is 9.53 Å². The number of nitrogens with zero attached hydrogens (tertiary/aromatic N) is 3. The lowest BCUT2D eigenvalue weighted by molar-refractivity contribution is -0.134. The normalized spacial score (nSPS) is 26.6. The highest BCUT2D eigenvalue weighted by molar-refractivity contribution is 5.77. The molecule has 0 aliphatic carbocycles. The van der Waals surface area contributed by atoms with Gasteiger partial charge in [-0.2, -0.15) is 5.10 Å². The molecule has 1 amide bonds. The summed E-state index contributed by atoms with van der Waals surface area (Å²) in [6, 6.07) is 2.44. The van der Waals surface area contributed by atoms with E-state index >= 15 is 0 Å². The Kier molecular flexibility index (Phi) is 2.82. The molecule has 2 saturated heterocycles. The molecule has 0 radical (unpaired) electrons. The number of likely N-dealkylation sites (tertiary alicyclic amines) is 1. The Labute approximate surface area is 99.5 Å². The monoisotopic (exact) mass is 236 g/mol. The van der Waals surface area contributed by atoms with Crippen LogP contribution in [0, 0.1) is 0 Å². The maximum absolute atomic E-state index is 10.9. The first kappa shape index (κ1) is 10.7. The molecule has 1 unspecified atom stereocenters. The second kappa shape index (κ2) is 4.46. The molecule has 1 N–H and O–H groups in total. The molecule has 0 spiro atoms. The summed E-state index contributed by atoms with van der Waals surface area (Å²) < 4.78 is 7.45. The van der Waals surface area contributed by atoms with E-state index in [2.05, 4.69) is 15.3 Å². The van der Waals surface area contributed by atoms with Gasteiger partial charge in [0.25, 0.3) is 0 Å². The molecule has 6 nitrogen and oxygen atoms in total. The Morgan fingerprint density at radius 2 is 2.41 bits per heavy atom. The number of nitrogens with one attached hydrogen (secondary N) is 1. The minimum absolute atomic E-state index is 0.0146. The molecule has 0 aromatic carbocycles. The number of carbonyl (C=O) groups excluding carboxylic acids is 1. The van der Waals surface area contributed by atoms with E-state index in [9.17, 15) is 4.79 Å². The van der Waals surface area contributed by atoms with Gasteiger partial charge in [-0.05, 0) is 6.07 Å². The Bertz CT molecular complexity index is 376. The zero-order valence-corrected chi connectivity index (χ0v) is 9.58.